The fourth-order valence-corrected chi connectivity index (χ4v) is 3.88. The van der Waals surface area contributed by atoms with Crippen LogP contribution in [0.1, 0.15) is 25.3 Å². The average molecular weight is 392 g/mol. The van der Waals surface area contributed by atoms with Gasteiger partial charge in [0, 0.05) is 12.1 Å². The highest BCUT2D eigenvalue weighted by molar-refractivity contribution is 7.98. The Morgan fingerprint density at radius 2 is 1.82 bits per heavy atom. The van der Waals surface area contributed by atoms with E-state index in [0.717, 1.165) is 12.0 Å². The van der Waals surface area contributed by atoms with E-state index in [4.69, 9.17) is 4.52 Å². The highest BCUT2D eigenvalue weighted by atomic mass is 32.2. The molecule has 4 rings (SSSR count). The Bertz CT molecular complexity index is 1170. The molecule has 28 heavy (non-hydrogen) atoms. The Balaban J connectivity index is 1.56. The van der Waals surface area contributed by atoms with Crippen molar-refractivity contribution in [1.82, 2.24) is 19.7 Å². The van der Waals surface area contributed by atoms with Gasteiger partial charge in [-0.3, -0.25) is 9.36 Å². The van der Waals surface area contributed by atoms with E-state index in [1.165, 1.54) is 17.3 Å². The lowest BCUT2D eigenvalue weighted by Gasteiger charge is -2.10. The molecule has 0 bridgehead atoms. The molecular formula is C21H20N4O2S. The first-order valence-electron chi connectivity index (χ1n) is 9.24. The van der Waals surface area contributed by atoms with Gasteiger partial charge in [0.2, 0.25) is 11.7 Å². The van der Waals surface area contributed by atoms with Crippen LogP contribution in [0.2, 0.25) is 0 Å². The smallest absolute Gasteiger partial charge is 0.262 e. The lowest BCUT2D eigenvalue weighted by molar-refractivity contribution is 0.391. The Kier molecular flexibility index (Phi) is 5.25. The van der Waals surface area contributed by atoms with E-state index in [1.807, 2.05) is 37.3 Å². The first kappa shape index (κ1) is 18.4. The summed E-state index contributed by atoms with van der Waals surface area (Å²) in [6, 6.07) is 15.5. The average Bonchev–Trinajstić information content (AvgIpc) is 3.21. The van der Waals surface area contributed by atoms with E-state index in [0.29, 0.717) is 40.1 Å². The molecule has 0 fully saturated rings. The van der Waals surface area contributed by atoms with Gasteiger partial charge in [-0.1, -0.05) is 60.2 Å². The zero-order valence-corrected chi connectivity index (χ0v) is 16.6. The van der Waals surface area contributed by atoms with Crippen LogP contribution in [0.4, 0.5) is 0 Å². The van der Waals surface area contributed by atoms with Crippen molar-refractivity contribution in [2.24, 2.45) is 0 Å². The van der Waals surface area contributed by atoms with Crippen LogP contribution >= 0.6 is 11.8 Å². The van der Waals surface area contributed by atoms with Crippen molar-refractivity contribution in [2.45, 2.75) is 37.7 Å². The summed E-state index contributed by atoms with van der Waals surface area (Å²) in [5.74, 6) is 1.52. The van der Waals surface area contributed by atoms with Crippen molar-refractivity contribution in [3.8, 4) is 11.4 Å². The number of rotatable bonds is 6. The van der Waals surface area contributed by atoms with Crippen molar-refractivity contribution in [3.05, 3.63) is 70.3 Å². The molecule has 2 aromatic carbocycles. The van der Waals surface area contributed by atoms with Crippen LogP contribution in [0.5, 0.6) is 0 Å². The minimum Gasteiger partial charge on any atom is -0.338 e. The monoisotopic (exact) mass is 392 g/mol. The van der Waals surface area contributed by atoms with Gasteiger partial charge in [0.1, 0.15) is 0 Å². The number of hydrogen-bond acceptors (Lipinski definition) is 6. The number of fused-ring (bicyclic) bond motifs is 1. The Morgan fingerprint density at radius 3 is 2.57 bits per heavy atom. The van der Waals surface area contributed by atoms with Crippen molar-refractivity contribution in [1.29, 1.82) is 0 Å². The maximum Gasteiger partial charge on any atom is 0.262 e. The number of aryl methyl sites for hydroxylation is 1. The van der Waals surface area contributed by atoms with Gasteiger partial charge in [0.15, 0.2) is 5.16 Å². The molecule has 0 aliphatic rings. The summed E-state index contributed by atoms with van der Waals surface area (Å²) in [7, 11) is 0. The third kappa shape index (κ3) is 3.57. The summed E-state index contributed by atoms with van der Waals surface area (Å²) in [4.78, 5) is 21.8. The third-order valence-corrected chi connectivity index (χ3v) is 5.52. The second kappa shape index (κ2) is 7.98. The Hall–Kier alpha value is -2.93. The van der Waals surface area contributed by atoms with Gasteiger partial charge < -0.3 is 4.52 Å². The van der Waals surface area contributed by atoms with E-state index < -0.39 is 0 Å². The molecule has 2 heterocycles. The summed E-state index contributed by atoms with van der Waals surface area (Å²) in [6.45, 7) is 4.61. The van der Waals surface area contributed by atoms with Gasteiger partial charge in [-0.25, -0.2) is 4.98 Å². The zero-order chi connectivity index (χ0) is 19.5. The molecule has 0 unspecified atom stereocenters. The summed E-state index contributed by atoms with van der Waals surface area (Å²) in [5.41, 5.74) is 2.86. The van der Waals surface area contributed by atoms with Crippen molar-refractivity contribution < 1.29 is 4.52 Å². The first-order chi connectivity index (χ1) is 13.7. The third-order valence-electron chi connectivity index (χ3n) is 4.56. The molecular weight excluding hydrogens is 372 g/mol. The molecule has 0 amide bonds. The molecule has 142 valence electrons. The molecule has 0 aliphatic heterocycles. The van der Waals surface area contributed by atoms with Gasteiger partial charge in [0.25, 0.3) is 5.56 Å². The predicted octanol–water partition coefficient (Wildman–Crippen LogP) is 4.32. The van der Waals surface area contributed by atoms with E-state index >= 15 is 0 Å². The molecule has 0 atom stereocenters. The normalized spacial score (nSPS) is 11.2. The minimum absolute atomic E-state index is 0.0298. The highest BCUT2D eigenvalue weighted by Gasteiger charge is 2.13. The number of thioether (sulfide) groups is 1. The van der Waals surface area contributed by atoms with Gasteiger partial charge in [0.05, 0.1) is 16.7 Å². The van der Waals surface area contributed by atoms with E-state index in [-0.39, 0.29) is 5.56 Å². The molecule has 0 aliphatic carbocycles. The van der Waals surface area contributed by atoms with Crippen molar-refractivity contribution >= 4 is 22.7 Å². The van der Waals surface area contributed by atoms with Crippen LogP contribution in [0.25, 0.3) is 22.3 Å². The Morgan fingerprint density at radius 1 is 1.04 bits per heavy atom. The van der Waals surface area contributed by atoms with Crippen LogP contribution in [0, 0.1) is 0 Å². The van der Waals surface area contributed by atoms with E-state index in [9.17, 15) is 4.79 Å². The number of benzene rings is 2. The van der Waals surface area contributed by atoms with Crippen LogP contribution in [-0.2, 0) is 18.7 Å². The summed E-state index contributed by atoms with van der Waals surface area (Å²) < 4.78 is 7.07. The molecule has 0 spiro atoms. The largest absolute Gasteiger partial charge is 0.338 e. The maximum atomic E-state index is 12.7. The molecule has 0 N–H and O–H groups in total. The molecule has 0 radical (unpaired) electrons. The molecule has 6 nitrogen and oxygen atoms in total. The molecule has 2 aromatic heterocycles. The second-order valence-electron chi connectivity index (χ2n) is 6.31. The quantitative estimate of drug-likeness (QED) is 0.359. The van der Waals surface area contributed by atoms with E-state index in [1.54, 1.807) is 10.6 Å². The topological polar surface area (TPSA) is 73.8 Å². The lowest BCUT2D eigenvalue weighted by Crippen LogP contribution is -2.22. The highest BCUT2D eigenvalue weighted by Crippen LogP contribution is 2.23. The molecule has 4 aromatic rings. The summed E-state index contributed by atoms with van der Waals surface area (Å²) in [6.07, 6.45) is 0.992. The summed E-state index contributed by atoms with van der Waals surface area (Å²) >= 11 is 1.42. The van der Waals surface area contributed by atoms with Gasteiger partial charge >= 0.3 is 0 Å². The molecule has 7 heteroatoms. The summed E-state index contributed by atoms with van der Waals surface area (Å²) in [5, 5.41) is 5.36. The van der Waals surface area contributed by atoms with Gasteiger partial charge in [-0.05, 0) is 31.0 Å². The van der Waals surface area contributed by atoms with Crippen LogP contribution in [0.15, 0.2) is 63.0 Å². The minimum atomic E-state index is -0.0298. The number of nitrogens with zero attached hydrogens (tertiary/aromatic N) is 4. The fourth-order valence-electron chi connectivity index (χ4n) is 2.98. The number of hydrogen-bond donors (Lipinski definition) is 0. The number of para-hydroxylation sites is 1. The fraction of sp³-hybridized carbons (Fsp3) is 0.238. The van der Waals surface area contributed by atoms with Gasteiger partial charge in [-0.15, -0.1) is 0 Å². The molecule has 0 saturated carbocycles. The van der Waals surface area contributed by atoms with Crippen LogP contribution in [0.3, 0.4) is 0 Å². The lowest BCUT2D eigenvalue weighted by atomic mass is 10.1. The Labute approximate surface area is 166 Å². The molecule has 0 saturated heterocycles. The number of aromatic nitrogens is 4. The van der Waals surface area contributed by atoms with Crippen LogP contribution < -0.4 is 5.56 Å². The second-order valence-corrected chi connectivity index (χ2v) is 7.25. The van der Waals surface area contributed by atoms with Crippen molar-refractivity contribution in [2.75, 3.05) is 0 Å². The maximum absolute atomic E-state index is 12.7. The van der Waals surface area contributed by atoms with E-state index in [2.05, 4.69) is 34.2 Å². The SMILES string of the molecule is CCc1ccc(-c2noc(CSc3nc4ccccc4c(=O)n3CC)n2)cc1. The van der Waals surface area contributed by atoms with Crippen LogP contribution in [-0.4, -0.2) is 19.7 Å². The standard InChI is InChI=1S/C21H20N4O2S/c1-3-14-9-11-15(12-10-14)19-23-18(27-24-19)13-28-21-22-17-8-6-5-7-16(17)20(26)25(21)4-2/h5-12H,3-4,13H2,1-2H3. The predicted molar refractivity (Wildman–Crippen MR) is 110 cm³/mol. The van der Waals surface area contributed by atoms with Gasteiger partial charge in [-0.2, -0.15) is 4.98 Å². The van der Waals surface area contributed by atoms with Crippen molar-refractivity contribution in [3.63, 3.8) is 0 Å². The zero-order valence-electron chi connectivity index (χ0n) is 15.8. The first-order valence-corrected chi connectivity index (χ1v) is 10.2.